The van der Waals surface area contributed by atoms with Crippen molar-refractivity contribution in [2.24, 2.45) is 0 Å². The average Bonchev–Trinajstić information content (AvgIpc) is 3.37. The highest BCUT2D eigenvalue weighted by Crippen LogP contribution is 2.42. The summed E-state index contributed by atoms with van der Waals surface area (Å²) in [4.78, 5) is 5.36. The molecule has 0 radical (unpaired) electrons. The van der Waals surface area contributed by atoms with Gasteiger partial charge in [0.1, 0.15) is 11.5 Å². The van der Waals surface area contributed by atoms with Crippen LogP contribution in [0.15, 0.2) is 115 Å². The lowest BCUT2D eigenvalue weighted by Gasteiger charge is -2.21. The maximum atomic E-state index is 5.36. The molecule has 0 aliphatic carbocycles. The van der Waals surface area contributed by atoms with Gasteiger partial charge in [0.2, 0.25) is 0 Å². The molecule has 1 atom stereocenters. The normalized spacial score (nSPS) is 12.0. The molecular formula is C35H32N4. The second-order valence-electron chi connectivity index (χ2n) is 10.1. The zero-order valence-corrected chi connectivity index (χ0v) is 22.6. The highest BCUT2D eigenvalue weighted by molar-refractivity contribution is 5.93. The van der Waals surface area contributed by atoms with Gasteiger partial charge in [-0.25, -0.2) is 9.50 Å². The zero-order valence-electron chi connectivity index (χ0n) is 22.6. The molecule has 0 saturated carbocycles. The van der Waals surface area contributed by atoms with Gasteiger partial charge in [-0.3, -0.25) is 0 Å². The largest absolute Gasteiger partial charge is 0.340 e. The SMILES string of the molecule is CCC(C)c1c(-c2ccc(C)cc2)c(Nc2ccccc2)nc2c(-c3ccccc3)c(-c3ccccc3)nn12. The van der Waals surface area contributed by atoms with Gasteiger partial charge in [0.15, 0.2) is 5.65 Å². The predicted octanol–water partition coefficient (Wildman–Crippen LogP) is 9.30. The van der Waals surface area contributed by atoms with E-state index in [0.29, 0.717) is 0 Å². The second-order valence-corrected chi connectivity index (χ2v) is 10.1. The summed E-state index contributed by atoms with van der Waals surface area (Å²) in [5, 5.41) is 8.98. The average molecular weight is 509 g/mol. The lowest BCUT2D eigenvalue weighted by Crippen LogP contribution is -2.10. The van der Waals surface area contributed by atoms with Gasteiger partial charge in [0.05, 0.1) is 11.3 Å². The molecule has 2 heterocycles. The van der Waals surface area contributed by atoms with Crippen LogP contribution in [0.25, 0.3) is 39.2 Å². The first-order chi connectivity index (χ1) is 19.1. The van der Waals surface area contributed by atoms with E-state index >= 15 is 0 Å². The quantitative estimate of drug-likeness (QED) is 0.234. The summed E-state index contributed by atoms with van der Waals surface area (Å²) in [6, 6.07) is 39.9. The van der Waals surface area contributed by atoms with E-state index in [1.165, 1.54) is 5.56 Å². The Morgan fingerprint density at radius 1 is 0.692 bits per heavy atom. The first-order valence-corrected chi connectivity index (χ1v) is 13.6. The third-order valence-corrected chi connectivity index (χ3v) is 7.37. The van der Waals surface area contributed by atoms with E-state index in [1.807, 2.05) is 30.3 Å². The summed E-state index contributed by atoms with van der Waals surface area (Å²) >= 11 is 0. The lowest BCUT2D eigenvalue weighted by molar-refractivity contribution is 0.675. The first-order valence-electron chi connectivity index (χ1n) is 13.6. The van der Waals surface area contributed by atoms with Crippen molar-refractivity contribution in [3.05, 3.63) is 127 Å². The minimum absolute atomic E-state index is 0.246. The molecular weight excluding hydrogens is 476 g/mol. The molecule has 0 spiro atoms. The molecule has 39 heavy (non-hydrogen) atoms. The van der Waals surface area contributed by atoms with Crippen molar-refractivity contribution in [3.63, 3.8) is 0 Å². The van der Waals surface area contributed by atoms with Gasteiger partial charge in [0.25, 0.3) is 0 Å². The topological polar surface area (TPSA) is 42.2 Å². The molecule has 1 N–H and O–H groups in total. The Hall–Kier alpha value is -4.70. The number of aryl methyl sites for hydroxylation is 1. The second kappa shape index (κ2) is 10.6. The Labute approximate surface area is 230 Å². The molecule has 192 valence electrons. The van der Waals surface area contributed by atoms with Crippen LogP contribution in [-0.4, -0.2) is 14.6 Å². The van der Waals surface area contributed by atoms with Gasteiger partial charge < -0.3 is 5.32 Å². The van der Waals surface area contributed by atoms with Gasteiger partial charge in [-0.15, -0.1) is 0 Å². The lowest BCUT2D eigenvalue weighted by atomic mass is 9.94. The van der Waals surface area contributed by atoms with Crippen LogP contribution in [0.5, 0.6) is 0 Å². The maximum absolute atomic E-state index is 5.36. The van der Waals surface area contributed by atoms with Crippen LogP contribution >= 0.6 is 0 Å². The molecule has 1 unspecified atom stereocenters. The number of nitrogens with one attached hydrogen (secondary N) is 1. The number of nitrogens with zero attached hydrogens (tertiary/aromatic N) is 3. The first kappa shape index (κ1) is 24.6. The van der Waals surface area contributed by atoms with E-state index in [-0.39, 0.29) is 5.92 Å². The summed E-state index contributed by atoms with van der Waals surface area (Å²) in [7, 11) is 0. The van der Waals surface area contributed by atoms with Crippen LogP contribution in [0.2, 0.25) is 0 Å². The summed E-state index contributed by atoms with van der Waals surface area (Å²) in [6.45, 7) is 6.64. The minimum Gasteiger partial charge on any atom is -0.340 e. The van der Waals surface area contributed by atoms with E-state index in [4.69, 9.17) is 10.1 Å². The Morgan fingerprint density at radius 2 is 1.26 bits per heavy atom. The molecule has 2 aromatic heterocycles. The van der Waals surface area contributed by atoms with Crippen LogP contribution in [0.4, 0.5) is 11.5 Å². The molecule has 0 bridgehead atoms. The smallest absolute Gasteiger partial charge is 0.166 e. The number of rotatable bonds is 7. The number of aromatic nitrogens is 3. The Balaban J connectivity index is 1.74. The van der Waals surface area contributed by atoms with Crippen molar-refractivity contribution in [2.45, 2.75) is 33.1 Å². The Bertz CT molecular complexity index is 1700. The van der Waals surface area contributed by atoms with Gasteiger partial charge in [0, 0.05) is 16.8 Å². The van der Waals surface area contributed by atoms with Gasteiger partial charge in [-0.2, -0.15) is 5.10 Å². The van der Waals surface area contributed by atoms with E-state index in [0.717, 1.165) is 62.8 Å². The fourth-order valence-electron chi connectivity index (χ4n) is 5.14. The standard InChI is InChI=1S/C35H32N4/c1-4-25(3)33-31(27-22-20-24(2)21-23-27)34(36-29-18-12-7-13-19-29)37-35-30(26-14-8-5-9-15-26)32(38-39(33)35)28-16-10-6-11-17-28/h5-23,25H,4H2,1-3H3,(H,36,37). The van der Waals surface area contributed by atoms with Crippen molar-refractivity contribution in [1.29, 1.82) is 0 Å². The highest BCUT2D eigenvalue weighted by atomic mass is 15.3. The molecule has 0 amide bonds. The van der Waals surface area contributed by atoms with Gasteiger partial charge >= 0.3 is 0 Å². The van der Waals surface area contributed by atoms with Gasteiger partial charge in [-0.05, 0) is 42.5 Å². The molecule has 4 nitrogen and oxygen atoms in total. The number of para-hydroxylation sites is 1. The molecule has 0 aliphatic heterocycles. The van der Waals surface area contributed by atoms with Crippen LogP contribution < -0.4 is 5.32 Å². The third kappa shape index (κ3) is 4.70. The molecule has 6 aromatic rings. The monoisotopic (exact) mass is 508 g/mol. The molecule has 6 rings (SSSR count). The van der Waals surface area contributed by atoms with E-state index in [1.54, 1.807) is 0 Å². The van der Waals surface area contributed by atoms with Crippen molar-refractivity contribution in [2.75, 3.05) is 5.32 Å². The minimum atomic E-state index is 0.246. The maximum Gasteiger partial charge on any atom is 0.166 e. The number of fused-ring (bicyclic) bond motifs is 1. The fourth-order valence-corrected chi connectivity index (χ4v) is 5.14. The number of anilines is 2. The molecule has 4 aromatic carbocycles. The van der Waals surface area contributed by atoms with Crippen molar-refractivity contribution in [1.82, 2.24) is 14.6 Å². The van der Waals surface area contributed by atoms with Gasteiger partial charge in [-0.1, -0.05) is 123 Å². The van der Waals surface area contributed by atoms with E-state index in [2.05, 4.69) is 116 Å². The van der Waals surface area contributed by atoms with Crippen LogP contribution in [0, 0.1) is 6.92 Å². The van der Waals surface area contributed by atoms with Crippen LogP contribution in [0.1, 0.15) is 37.4 Å². The van der Waals surface area contributed by atoms with Crippen LogP contribution in [0.3, 0.4) is 0 Å². The van der Waals surface area contributed by atoms with E-state index < -0.39 is 0 Å². The number of benzene rings is 4. The zero-order chi connectivity index (χ0) is 26.8. The molecule has 0 fully saturated rings. The number of hydrogen-bond acceptors (Lipinski definition) is 3. The fraction of sp³-hybridized carbons (Fsp3) is 0.143. The molecule has 0 saturated heterocycles. The summed E-state index contributed by atoms with van der Waals surface area (Å²) in [6.07, 6.45) is 0.976. The Morgan fingerprint density at radius 3 is 1.87 bits per heavy atom. The van der Waals surface area contributed by atoms with Crippen molar-refractivity contribution >= 4 is 17.2 Å². The van der Waals surface area contributed by atoms with E-state index in [9.17, 15) is 0 Å². The molecule has 4 heteroatoms. The predicted molar refractivity (Wildman–Crippen MR) is 162 cm³/mol. The summed E-state index contributed by atoms with van der Waals surface area (Å²) in [5.74, 6) is 1.08. The third-order valence-electron chi connectivity index (χ3n) is 7.37. The van der Waals surface area contributed by atoms with Crippen LogP contribution in [-0.2, 0) is 0 Å². The number of hydrogen-bond donors (Lipinski definition) is 1. The van der Waals surface area contributed by atoms with Crippen molar-refractivity contribution in [3.8, 4) is 33.5 Å². The van der Waals surface area contributed by atoms with Crippen molar-refractivity contribution < 1.29 is 0 Å². The summed E-state index contributed by atoms with van der Waals surface area (Å²) in [5.41, 5.74) is 10.6. The highest BCUT2D eigenvalue weighted by Gasteiger charge is 2.26. The summed E-state index contributed by atoms with van der Waals surface area (Å²) < 4.78 is 2.10. The Kier molecular flexibility index (Phi) is 6.68. The molecule has 0 aliphatic rings.